The number of anilines is 1. The summed E-state index contributed by atoms with van der Waals surface area (Å²) in [6.45, 7) is -0.504. The van der Waals surface area contributed by atoms with Gasteiger partial charge in [0, 0.05) is 5.69 Å². The molecule has 1 rings (SSSR count). The first kappa shape index (κ1) is 10.5. The van der Waals surface area contributed by atoms with Crippen molar-refractivity contribution < 1.29 is 15.0 Å². The van der Waals surface area contributed by atoms with E-state index in [1.165, 1.54) is 12.1 Å². The van der Waals surface area contributed by atoms with Gasteiger partial charge in [0.25, 0.3) is 5.91 Å². The molecule has 0 aliphatic carbocycles. The van der Waals surface area contributed by atoms with Crippen LogP contribution in [0.4, 0.5) is 5.69 Å². The fourth-order valence-electron chi connectivity index (χ4n) is 1.22. The van der Waals surface area contributed by atoms with Gasteiger partial charge in [0.05, 0.1) is 18.8 Å². The highest BCUT2D eigenvalue weighted by atomic mass is 16.3. The standard InChI is InChI=1S/C9H12N2O3/c10-8-2-6(4-13)5(3-12)1-7(8)9(11)14/h1-2,12-13H,3-4,10H2,(H2,11,14). The van der Waals surface area contributed by atoms with Crippen LogP contribution < -0.4 is 11.5 Å². The lowest BCUT2D eigenvalue weighted by Crippen LogP contribution is -2.14. The zero-order valence-corrected chi connectivity index (χ0v) is 7.53. The van der Waals surface area contributed by atoms with Crippen LogP contribution in [0.25, 0.3) is 0 Å². The first-order valence-electron chi connectivity index (χ1n) is 4.03. The van der Waals surface area contributed by atoms with Crippen molar-refractivity contribution in [3.63, 3.8) is 0 Å². The highest BCUT2D eigenvalue weighted by molar-refractivity contribution is 5.98. The summed E-state index contributed by atoms with van der Waals surface area (Å²) in [4.78, 5) is 10.9. The molecule has 0 radical (unpaired) electrons. The number of rotatable bonds is 3. The Kier molecular flexibility index (Phi) is 3.06. The maximum absolute atomic E-state index is 10.9. The molecule has 0 bridgehead atoms. The number of hydrogen-bond donors (Lipinski definition) is 4. The quantitative estimate of drug-likeness (QED) is 0.481. The molecule has 0 heterocycles. The Labute approximate surface area is 81.0 Å². The van der Waals surface area contributed by atoms with Crippen molar-refractivity contribution >= 4 is 11.6 Å². The predicted molar refractivity (Wildman–Crippen MR) is 51.2 cm³/mol. The van der Waals surface area contributed by atoms with Crippen molar-refractivity contribution in [1.82, 2.24) is 0 Å². The van der Waals surface area contributed by atoms with Crippen LogP contribution in [0.2, 0.25) is 0 Å². The zero-order valence-electron chi connectivity index (χ0n) is 7.53. The smallest absolute Gasteiger partial charge is 0.250 e. The van der Waals surface area contributed by atoms with Gasteiger partial charge in [0.15, 0.2) is 0 Å². The Hall–Kier alpha value is -1.59. The largest absolute Gasteiger partial charge is 0.398 e. The summed E-state index contributed by atoms with van der Waals surface area (Å²) in [7, 11) is 0. The molecule has 1 aromatic carbocycles. The molecule has 0 aromatic heterocycles. The second-order valence-corrected chi connectivity index (χ2v) is 2.89. The predicted octanol–water partition coefficient (Wildman–Crippen LogP) is -0.648. The molecule has 0 fully saturated rings. The van der Waals surface area contributed by atoms with Crippen LogP contribution in [0.5, 0.6) is 0 Å². The fourth-order valence-corrected chi connectivity index (χ4v) is 1.22. The second kappa shape index (κ2) is 4.08. The highest BCUT2D eigenvalue weighted by Gasteiger charge is 2.10. The third-order valence-electron chi connectivity index (χ3n) is 1.98. The molecule has 0 saturated carbocycles. The number of amides is 1. The number of aliphatic hydroxyl groups excluding tert-OH is 2. The van der Waals surface area contributed by atoms with Crippen LogP contribution in [0.15, 0.2) is 12.1 Å². The van der Waals surface area contributed by atoms with Crippen molar-refractivity contribution in [1.29, 1.82) is 0 Å². The molecule has 14 heavy (non-hydrogen) atoms. The van der Waals surface area contributed by atoms with Gasteiger partial charge in [-0.3, -0.25) is 4.79 Å². The van der Waals surface area contributed by atoms with E-state index in [0.717, 1.165) is 0 Å². The average Bonchev–Trinajstić information content (AvgIpc) is 2.16. The van der Waals surface area contributed by atoms with E-state index in [2.05, 4.69) is 0 Å². The number of aliphatic hydroxyl groups is 2. The lowest BCUT2D eigenvalue weighted by atomic mass is 10.0. The number of nitrogen functional groups attached to an aromatic ring is 1. The number of carbonyl (C=O) groups excluding carboxylic acids is 1. The van der Waals surface area contributed by atoms with Crippen LogP contribution in [0, 0.1) is 0 Å². The number of hydrogen-bond acceptors (Lipinski definition) is 4. The molecule has 1 amide bonds. The summed E-state index contributed by atoms with van der Waals surface area (Å²) in [6.07, 6.45) is 0. The summed E-state index contributed by atoms with van der Waals surface area (Å²) in [6, 6.07) is 2.83. The van der Waals surface area contributed by atoms with Gasteiger partial charge in [0.1, 0.15) is 0 Å². The lowest BCUT2D eigenvalue weighted by Gasteiger charge is -2.09. The van der Waals surface area contributed by atoms with E-state index in [1.54, 1.807) is 0 Å². The topological polar surface area (TPSA) is 110 Å². The first-order chi connectivity index (χ1) is 6.60. The van der Waals surface area contributed by atoms with Crippen LogP contribution in [0.1, 0.15) is 21.5 Å². The number of nitrogens with two attached hydrogens (primary N) is 2. The van der Waals surface area contributed by atoms with Gasteiger partial charge in [-0.15, -0.1) is 0 Å². The van der Waals surface area contributed by atoms with Crippen molar-refractivity contribution in [2.45, 2.75) is 13.2 Å². The third kappa shape index (κ3) is 1.84. The van der Waals surface area contributed by atoms with Crippen molar-refractivity contribution in [3.05, 3.63) is 28.8 Å². The van der Waals surface area contributed by atoms with Crippen molar-refractivity contribution in [3.8, 4) is 0 Å². The molecule has 5 nitrogen and oxygen atoms in total. The maximum Gasteiger partial charge on any atom is 0.250 e. The molecule has 6 N–H and O–H groups in total. The lowest BCUT2D eigenvalue weighted by molar-refractivity contribution is 0.100. The molecule has 5 heteroatoms. The molecular formula is C9H12N2O3. The number of carbonyl (C=O) groups is 1. The summed E-state index contributed by atoms with van der Waals surface area (Å²) in [5.41, 5.74) is 11.9. The SMILES string of the molecule is NC(=O)c1cc(CO)c(CO)cc1N. The van der Waals surface area contributed by atoms with E-state index in [0.29, 0.717) is 11.1 Å². The molecule has 0 unspecified atom stereocenters. The zero-order chi connectivity index (χ0) is 10.7. The monoisotopic (exact) mass is 196 g/mol. The molecule has 76 valence electrons. The van der Waals surface area contributed by atoms with Gasteiger partial charge >= 0.3 is 0 Å². The van der Waals surface area contributed by atoms with Gasteiger partial charge in [-0.2, -0.15) is 0 Å². The average molecular weight is 196 g/mol. The van der Waals surface area contributed by atoms with Crippen LogP contribution in [-0.2, 0) is 13.2 Å². The molecule has 0 atom stereocenters. The Balaban J connectivity index is 3.30. The minimum absolute atomic E-state index is 0.159. The Morgan fingerprint density at radius 1 is 1.21 bits per heavy atom. The molecular weight excluding hydrogens is 184 g/mol. The Morgan fingerprint density at radius 3 is 2.14 bits per heavy atom. The minimum Gasteiger partial charge on any atom is -0.398 e. The van der Waals surface area contributed by atoms with E-state index in [9.17, 15) is 4.79 Å². The van der Waals surface area contributed by atoms with E-state index in [-0.39, 0.29) is 24.5 Å². The Morgan fingerprint density at radius 2 is 1.71 bits per heavy atom. The van der Waals surface area contributed by atoms with Gasteiger partial charge in [-0.05, 0) is 23.3 Å². The molecule has 0 saturated heterocycles. The van der Waals surface area contributed by atoms with E-state index in [4.69, 9.17) is 21.7 Å². The highest BCUT2D eigenvalue weighted by Crippen LogP contribution is 2.19. The minimum atomic E-state index is -0.651. The van der Waals surface area contributed by atoms with E-state index < -0.39 is 5.91 Å². The number of benzene rings is 1. The Bertz CT molecular complexity index is 363. The molecule has 1 aromatic rings. The molecule has 0 aliphatic heterocycles. The van der Waals surface area contributed by atoms with Gasteiger partial charge in [-0.25, -0.2) is 0 Å². The van der Waals surface area contributed by atoms with E-state index in [1.807, 2.05) is 0 Å². The first-order valence-corrected chi connectivity index (χ1v) is 4.03. The van der Waals surface area contributed by atoms with E-state index >= 15 is 0 Å². The fraction of sp³-hybridized carbons (Fsp3) is 0.222. The summed E-state index contributed by atoms with van der Waals surface area (Å²) < 4.78 is 0. The summed E-state index contributed by atoms with van der Waals surface area (Å²) in [5, 5.41) is 17.9. The molecule has 0 aliphatic rings. The van der Waals surface area contributed by atoms with Gasteiger partial charge < -0.3 is 21.7 Å². The van der Waals surface area contributed by atoms with Gasteiger partial charge in [-0.1, -0.05) is 0 Å². The number of primary amides is 1. The van der Waals surface area contributed by atoms with Crippen LogP contribution in [0.3, 0.4) is 0 Å². The van der Waals surface area contributed by atoms with Crippen LogP contribution >= 0.6 is 0 Å². The van der Waals surface area contributed by atoms with Crippen molar-refractivity contribution in [2.24, 2.45) is 5.73 Å². The maximum atomic E-state index is 10.9. The second-order valence-electron chi connectivity index (χ2n) is 2.89. The van der Waals surface area contributed by atoms with Gasteiger partial charge in [0.2, 0.25) is 0 Å². The normalized spacial score (nSPS) is 10.1. The van der Waals surface area contributed by atoms with Crippen molar-refractivity contribution in [2.75, 3.05) is 5.73 Å². The summed E-state index contributed by atoms with van der Waals surface area (Å²) >= 11 is 0. The summed E-state index contributed by atoms with van der Waals surface area (Å²) in [5.74, 6) is -0.651. The molecule has 0 spiro atoms. The van der Waals surface area contributed by atoms with Crippen LogP contribution in [-0.4, -0.2) is 16.1 Å². The third-order valence-corrected chi connectivity index (χ3v) is 1.98.